The Labute approximate surface area is 111 Å². The smallest absolute Gasteiger partial charge is 0.258 e. The topological polar surface area (TPSA) is 47.6 Å². The molecule has 1 atom stereocenters. The molecule has 0 aromatic heterocycles. The number of fused-ring (bicyclic) bond motifs is 1. The van der Waals surface area contributed by atoms with Crippen molar-refractivity contribution in [3.63, 3.8) is 0 Å². The molecular formula is C15H13NO3. The molecule has 0 aliphatic carbocycles. The highest BCUT2D eigenvalue weighted by Crippen LogP contribution is 2.29. The van der Waals surface area contributed by atoms with Crippen LogP contribution in [0, 0.1) is 0 Å². The summed E-state index contributed by atoms with van der Waals surface area (Å²) in [5, 5.41) is 2.82. The maximum Gasteiger partial charge on any atom is 0.258 e. The second-order valence-corrected chi connectivity index (χ2v) is 4.24. The summed E-state index contributed by atoms with van der Waals surface area (Å²) in [7, 11) is 1.62. The minimum Gasteiger partial charge on any atom is -0.497 e. The van der Waals surface area contributed by atoms with Crippen LogP contribution in [0.15, 0.2) is 48.5 Å². The van der Waals surface area contributed by atoms with Gasteiger partial charge in [-0.3, -0.25) is 4.79 Å². The van der Waals surface area contributed by atoms with Gasteiger partial charge in [0.25, 0.3) is 5.91 Å². The van der Waals surface area contributed by atoms with Crippen molar-refractivity contribution >= 4 is 5.91 Å². The zero-order valence-electron chi connectivity index (χ0n) is 10.4. The molecule has 96 valence electrons. The number of hydrogen-bond donors (Lipinski definition) is 1. The van der Waals surface area contributed by atoms with Gasteiger partial charge in [-0.1, -0.05) is 12.1 Å². The van der Waals surface area contributed by atoms with Crippen molar-refractivity contribution in [2.24, 2.45) is 0 Å². The number of carbonyl (C=O) groups is 1. The number of carbonyl (C=O) groups excluding carboxylic acids is 1. The molecule has 0 saturated heterocycles. The van der Waals surface area contributed by atoms with E-state index in [0.29, 0.717) is 11.3 Å². The molecule has 1 aliphatic rings. The number of methoxy groups -OCH3 is 1. The van der Waals surface area contributed by atoms with Crippen molar-refractivity contribution < 1.29 is 14.3 Å². The number of hydrogen-bond acceptors (Lipinski definition) is 3. The largest absolute Gasteiger partial charge is 0.497 e. The van der Waals surface area contributed by atoms with Crippen LogP contribution < -0.4 is 14.8 Å². The molecule has 1 aliphatic heterocycles. The first-order chi connectivity index (χ1) is 9.28. The van der Waals surface area contributed by atoms with Crippen LogP contribution in [-0.2, 0) is 0 Å². The van der Waals surface area contributed by atoms with Gasteiger partial charge in [-0.15, -0.1) is 0 Å². The van der Waals surface area contributed by atoms with Gasteiger partial charge in [-0.2, -0.15) is 0 Å². The molecule has 19 heavy (non-hydrogen) atoms. The lowest BCUT2D eigenvalue weighted by molar-refractivity contribution is 0.0756. The highest BCUT2D eigenvalue weighted by Gasteiger charge is 2.25. The van der Waals surface area contributed by atoms with Crippen molar-refractivity contribution in [3.8, 4) is 11.5 Å². The van der Waals surface area contributed by atoms with E-state index in [9.17, 15) is 4.79 Å². The molecule has 2 aromatic rings. The van der Waals surface area contributed by atoms with Crippen molar-refractivity contribution in [2.75, 3.05) is 7.11 Å². The molecule has 0 fully saturated rings. The molecule has 3 rings (SSSR count). The third-order valence-electron chi connectivity index (χ3n) is 3.06. The van der Waals surface area contributed by atoms with E-state index in [0.717, 1.165) is 11.3 Å². The number of rotatable bonds is 2. The lowest BCUT2D eigenvalue weighted by Gasteiger charge is -2.26. The molecule has 0 unspecified atom stereocenters. The van der Waals surface area contributed by atoms with Crippen LogP contribution in [-0.4, -0.2) is 13.0 Å². The van der Waals surface area contributed by atoms with Gasteiger partial charge in [0.05, 0.1) is 12.7 Å². The minimum absolute atomic E-state index is 0.123. The Morgan fingerprint density at radius 2 is 1.84 bits per heavy atom. The number of para-hydroxylation sites is 1. The predicted octanol–water partition coefficient (Wildman–Crippen LogP) is 2.52. The summed E-state index contributed by atoms with van der Waals surface area (Å²) in [5.74, 6) is 1.25. The van der Waals surface area contributed by atoms with Crippen molar-refractivity contribution in [2.45, 2.75) is 6.23 Å². The quantitative estimate of drug-likeness (QED) is 0.897. The normalized spacial score (nSPS) is 17.1. The molecule has 1 N–H and O–H groups in total. The number of ether oxygens (including phenoxy) is 2. The van der Waals surface area contributed by atoms with Crippen LogP contribution in [0.25, 0.3) is 0 Å². The Kier molecular flexibility index (Phi) is 2.83. The van der Waals surface area contributed by atoms with Gasteiger partial charge in [0, 0.05) is 5.56 Å². The predicted molar refractivity (Wildman–Crippen MR) is 70.3 cm³/mol. The molecule has 0 radical (unpaired) electrons. The summed E-state index contributed by atoms with van der Waals surface area (Å²) in [4.78, 5) is 12.0. The average Bonchev–Trinajstić information content (AvgIpc) is 2.47. The number of benzene rings is 2. The fraction of sp³-hybridized carbons (Fsp3) is 0.133. The molecule has 1 amide bonds. The maximum atomic E-state index is 12.0. The van der Waals surface area contributed by atoms with Gasteiger partial charge in [-0.05, 0) is 36.4 Å². The minimum atomic E-state index is -0.465. The second-order valence-electron chi connectivity index (χ2n) is 4.24. The summed E-state index contributed by atoms with van der Waals surface area (Å²) in [6.45, 7) is 0. The maximum absolute atomic E-state index is 12.0. The van der Waals surface area contributed by atoms with Gasteiger partial charge in [0.2, 0.25) is 0 Å². The van der Waals surface area contributed by atoms with E-state index < -0.39 is 6.23 Å². The zero-order valence-corrected chi connectivity index (χ0v) is 10.4. The van der Waals surface area contributed by atoms with Gasteiger partial charge in [0.1, 0.15) is 11.5 Å². The van der Waals surface area contributed by atoms with Crippen LogP contribution in [0.3, 0.4) is 0 Å². The molecule has 0 saturated carbocycles. The SMILES string of the molecule is COc1ccc([C@@H]2NC(=O)c3ccccc3O2)cc1. The Hall–Kier alpha value is -2.49. The average molecular weight is 255 g/mol. The van der Waals surface area contributed by atoms with E-state index in [-0.39, 0.29) is 5.91 Å². The zero-order chi connectivity index (χ0) is 13.2. The van der Waals surface area contributed by atoms with Crippen LogP contribution in [0.1, 0.15) is 22.1 Å². The molecule has 4 nitrogen and oxygen atoms in total. The monoisotopic (exact) mass is 255 g/mol. The molecule has 2 aromatic carbocycles. The first-order valence-electron chi connectivity index (χ1n) is 5.98. The summed E-state index contributed by atoms with van der Waals surface area (Å²) in [6.07, 6.45) is -0.465. The van der Waals surface area contributed by atoms with E-state index in [1.807, 2.05) is 36.4 Å². The molecule has 0 bridgehead atoms. The van der Waals surface area contributed by atoms with Crippen molar-refractivity contribution in [3.05, 3.63) is 59.7 Å². The van der Waals surface area contributed by atoms with Gasteiger partial charge in [0.15, 0.2) is 6.23 Å². The van der Waals surface area contributed by atoms with Gasteiger partial charge in [-0.25, -0.2) is 0 Å². The van der Waals surface area contributed by atoms with Gasteiger partial charge < -0.3 is 14.8 Å². The second kappa shape index (κ2) is 4.65. The molecule has 0 spiro atoms. The Bertz CT molecular complexity index is 607. The summed E-state index contributed by atoms with van der Waals surface area (Å²) >= 11 is 0. The third kappa shape index (κ3) is 2.12. The van der Waals surface area contributed by atoms with Crippen LogP contribution in [0.4, 0.5) is 0 Å². The molecule has 1 heterocycles. The van der Waals surface area contributed by atoms with E-state index >= 15 is 0 Å². The molecular weight excluding hydrogens is 242 g/mol. The fourth-order valence-electron chi connectivity index (χ4n) is 2.04. The Morgan fingerprint density at radius 3 is 2.58 bits per heavy atom. The lowest BCUT2D eigenvalue weighted by Crippen LogP contribution is -2.36. The first-order valence-corrected chi connectivity index (χ1v) is 5.98. The van der Waals surface area contributed by atoms with Crippen molar-refractivity contribution in [1.29, 1.82) is 0 Å². The summed E-state index contributed by atoms with van der Waals surface area (Å²) in [5.41, 5.74) is 1.44. The number of amides is 1. The summed E-state index contributed by atoms with van der Waals surface area (Å²) in [6, 6.07) is 14.6. The summed E-state index contributed by atoms with van der Waals surface area (Å²) < 4.78 is 10.9. The highest BCUT2D eigenvalue weighted by molar-refractivity contribution is 5.97. The van der Waals surface area contributed by atoms with E-state index in [2.05, 4.69) is 5.32 Å². The Balaban J connectivity index is 1.90. The van der Waals surface area contributed by atoms with Crippen LogP contribution >= 0.6 is 0 Å². The van der Waals surface area contributed by atoms with Crippen LogP contribution in [0.5, 0.6) is 11.5 Å². The van der Waals surface area contributed by atoms with E-state index in [1.54, 1.807) is 19.2 Å². The lowest BCUT2D eigenvalue weighted by atomic mass is 10.1. The van der Waals surface area contributed by atoms with E-state index in [4.69, 9.17) is 9.47 Å². The highest BCUT2D eigenvalue weighted by atomic mass is 16.5. The number of nitrogens with one attached hydrogen (secondary N) is 1. The van der Waals surface area contributed by atoms with Crippen LogP contribution in [0.2, 0.25) is 0 Å². The van der Waals surface area contributed by atoms with Gasteiger partial charge >= 0.3 is 0 Å². The Morgan fingerprint density at radius 1 is 1.11 bits per heavy atom. The fourth-order valence-corrected chi connectivity index (χ4v) is 2.04. The van der Waals surface area contributed by atoms with E-state index in [1.165, 1.54) is 0 Å². The first kappa shape index (κ1) is 11.6. The third-order valence-corrected chi connectivity index (χ3v) is 3.06. The standard InChI is InChI=1S/C15H13NO3/c1-18-11-8-6-10(7-9-11)15-16-14(17)12-4-2-3-5-13(12)19-15/h2-9,15H,1H3,(H,16,17)/t15-/m1/s1. The molecule has 4 heteroatoms. The van der Waals surface area contributed by atoms with Crippen molar-refractivity contribution in [1.82, 2.24) is 5.32 Å².